The number of fused-ring (bicyclic) bond motifs is 3. The summed E-state index contributed by atoms with van der Waals surface area (Å²) in [5.41, 5.74) is 3.61. The molecule has 0 amide bonds. The third-order valence-corrected chi connectivity index (χ3v) is 8.38. The second-order valence-corrected chi connectivity index (χ2v) is 10.1. The van der Waals surface area contributed by atoms with Crippen molar-refractivity contribution >= 4 is 21.4 Å². The number of benzene rings is 3. The fourth-order valence-electron chi connectivity index (χ4n) is 4.95. The van der Waals surface area contributed by atoms with Crippen LogP contribution in [0, 0.1) is 11.7 Å². The van der Waals surface area contributed by atoms with E-state index in [1.807, 2.05) is 61.5 Å². The predicted molar refractivity (Wildman–Crippen MR) is 126 cm³/mol. The summed E-state index contributed by atoms with van der Waals surface area (Å²) in [6.07, 6.45) is 5.22. The molecule has 1 heterocycles. The smallest absolute Gasteiger partial charge is 0.264 e. The van der Waals surface area contributed by atoms with Gasteiger partial charge in [-0.05, 0) is 72.9 Å². The molecule has 32 heavy (non-hydrogen) atoms. The van der Waals surface area contributed by atoms with E-state index < -0.39 is 10.0 Å². The third-order valence-electron chi connectivity index (χ3n) is 6.48. The first-order valence-electron chi connectivity index (χ1n) is 10.9. The molecule has 0 saturated heterocycles. The van der Waals surface area contributed by atoms with Crippen LogP contribution in [0.3, 0.4) is 0 Å². The van der Waals surface area contributed by atoms with Crippen molar-refractivity contribution in [3.63, 3.8) is 0 Å². The Hall–Kier alpha value is -3.12. The van der Waals surface area contributed by atoms with Gasteiger partial charge in [-0.15, -0.1) is 0 Å². The zero-order valence-corrected chi connectivity index (χ0v) is 18.6. The van der Waals surface area contributed by atoms with Gasteiger partial charge >= 0.3 is 0 Å². The van der Waals surface area contributed by atoms with Gasteiger partial charge in [0.15, 0.2) is 0 Å². The fourth-order valence-corrected chi connectivity index (χ4v) is 6.46. The highest BCUT2D eigenvalue weighted by Gasteiger charge is 2.38. The maximum Gasteiger partial charge on any atom is 0.264 e. The van der Waals surface area contributed by atoms with Crippen molar-refractivity contribution in [2.45, 2.75) is 30.2 Å². The van der Waals surface area contributed by atoms with Crippen LogP contribution in [0.25, 0.3) is 0 Å². The van der Waals surface area contributed by atoms with E-state index in [2.05, 4.69) is 17.5 Å². The van der Waals surface area contributed by atoms with E-state index in [1.54, 1.807) is 6.07 Å². The minimum atomic E-state index is -3.70. The van der Waals surface area contributed by atoms with Crippen LogP contribution in [-0.2, 0) is 10.0 Å². The van der Waals surface area contributed by atoms with Crippen LogP contribution in [-0.4, -0.2) is 15.0 Å². The van der Waals surface area contributed by atoms with Crippen molar-refractivity contribution in [2.75, 3.05) is 16.2 Å². The van der Waals surface area contributed by atoms with Gasteiger partial charge in [0, 0.05) is 18.2 Å². The first-order chi connectivity index (χ1) is 15.5. The van der Waals surface area contributed by atoms with Gasteiger partial charge in [0.05, 0.1) is 16.6 Å². The van der Waals surface area contributed by atoms with Gasteiger partial charge in [-0.3, -0.25) is 4.31 Å². The average molecular weight is 449 g/mol. The molecule has 0 radical (unpaired) electrons. The van der Waals surface area contributed by atoms with Crippen molar-refractivity contribution in [3.05, 3.63) is 102 Å². The van der Waals surface area contributed by atoms with Gasteiger partial charge in [-0.1, -0.05) is 42.5 Å². The lowest BCUT2D eigenvalue weighted by Crippen LogP contribution is -2.32. The van der Waals surface area contributed by atoms with E-state index in [4.69, 9.17) is 0 Å². The number of hydrogen-bond donors (Lipinski definition) is 1. The summed E-state index contributed by atoms with van der Waals surface area (Å²) in [6.45, 7) is 2.19. The quantitative estimate of drug-likeness (QED) is 0.497. The summed E-state index contributed by atoms with van der Waals surface area (Å²) in [6, 6.07) is 21.2. The van der Waals surface area contributed by atoms with Gasteiger partial charge in [-0.25, -0.2) is 12.8 Å². The lowest BCUT2D eigenvalue weighted by molar-refractivity contribution is 0.424. The molecule has 164 valence electrons. The molecule has 1 N–H and O–H groups in total. The number of halogens is 1. The largest absolute Gasteiger partial charge is 0.378 e. The Morgan fingerprint density at radius 3 is 2.50 bits per heavy atom. The molecule has 3 aromatic carbocycles. The van der Waals surface area contributed by atoms with E-state index in [9.17, 15) is 12.8 Å². The van der Waals surface area contributed by atoms with E-state index in [-0.39, 0.29) is 23.7 Å². The molecule has 0 fully saturated rings. The number of rotatable bonds is 5. The number of nitrogens with zero attached hydrogens (tertiary/aromatic N) is 1. The molecule has 5 rings (SSSR count). The molecule has 0 spiro atoms. The summed E-state index contributed by atoms with van der Waals surface area (Å²) in [4.78, 5) is 0.294. The molecule has 0 saturated carbocycles. The van der Waals surface area contributed by atoms with Gasteiger partial charge in [0.2, 0.25) is 0 Å². The molecule has 3 aromatic rings. The van der Waals surface area contributed by atoms with E-state index in [0.717, 1.165) is 23.2 Å². The highest BCUT2D eigenvalue weighted by Crippen LogP contribution is 2.50. The summed E-state index contributed by atoms with van der Waals surface area (Å²) in [5.74, 6) is 0.116. The van der Waals surface area contributed by atoms with Crippen LogP contribution < -0.4 is 9.62 Å². The number of allylic oxidation sites excluding steroid dienone is 2. The maximum absolute atomic E-state index is 13.5. The van der Waals surface area contributed by atoms with Crippen LogP contribution in [0.2, 0.25) is 0 Å². The Bertz CT molecular complexity index is 1260. The molecule has 3 atom stereocenters. The lowest BCUT2D eigenvalue weighted by Gasteiger charge is -2.38. The Morgan fingerprint density at radius 1 is 1.03 bits per heavy atom. The minimum Gasteiger partial charge on any atom is -0.378 e. The third kappa shape index (κ3) is 3.48. The zero-order chi connectivity index (χ0) is 22.3. The first-order valence-corrected chi connectivity index (χ1v) is 12.3. The van der Waals surface area contributed by atoms with Crippen molar-refractivity contribution in [1.29, 1.82) is 0 Å². The molecule has 6 heteroatoms. The molecule has 0 bridgehead atoms. The number of anilines is 2. The van der Waals surface area contributed by atoms with Gasteiger partial charge in [0.1, 0.15) is 5.82 Å². The Kier molecular flexibility index (Phi) is 5.25. The van der Waals surface area contributed by atoms with Crippen LogP contribution in [0.1, 0.15) is 36.4 Å². The molecule has 1 aliphatic heterocycles. The van der Waals surface area contributed by atoms with Crippen LogP contribution >= 0.6 is 0 Å². The molecule has 1 aliphatic carbocycles. The molecule has 4 nitrogen and oxygen atoms in total. The average Bonchev–Trinajstić information content (AvgIpc) is 3.30. The van der Waals surface area contributed by atoms with Gasteiger partial charge in [-0.2, -0.15) is 0 Å². The SMILES string of the molecule is CCN(c1ccccc1)S(=O)(=O)c1ccc2c(c1)C1C=CCC1C(c1ccc(F)cc1)N2. The molecular formula is C26H25FN2O2S. The van der Waals surface area contributed by atoms with E-state index in [0.29, 0.717) is 17.1 Å². The Morgan fingerprint density at radius 2 is 1.78 bits per heavy atom. The molecule has 0 aromatic heterocycles. The monoisotopic (exact) mass is 448 g/mol. The molecule has 3 unspecified atom stereocenters. The van der Waals surface area contributed by atoms with E-state index in [1.165, 1.54) is 16.4 Å². The van der Waals surface area contributed by atoms with E-state index >= 15 is 0 Å². The second kappa shape index (κ2) is 8.10. The minimum absolute atomic E-state index is 0.0435. The van der Waals surface area contributed by atoms with Crippen molar-refractivity contribution in [3.8, 4) is 0 Å². The maximum atomic E-state index is 13.5. The number of hydrogen-bond acceptors (Lipinski definition) is 3. The zero-order valence-electron chi connectivity index (χ0n) is 17.8. The highest BCUT2D eigenvalue weighted by atomic mass is 32.2. The molecule has 2 aliphatic rings. The summed E-state index contributed by atoms with van der Waals surface area (Å²) in [7, 11) is -3.70. The van der Waals surface area contributed by atoms with Crippen molar-refractivity contribution in [1.82, 2.24) is 0 Å². The lowest BCUT2D eigenvalue weighted by atomic mass is 9.77. The first kappa shape index (κ1) is 20.8. The standard InChI is InChI=1S/C26H25FN2O2S/c1-2-29(20-7-4-3-5-8-20)32(30,31)21-15-16-25-24(17-21)22-9-6-10-23(22)26(28-25)18-11-13-19(27)14-12-18/h3-9,11-17,22-23,26,28H,2,10H2,1H3. The normalized spacial score (nSPS) is 21.5. The Labute approximate surface area is 188 Å². The summed E-state index contributed by atoms with van der Waals surface area (Å²) in [5, 5.41) is 3.59. The molecular weight excluding hydrogens is 423 g/mol. The van der Waals surface area contributed by atoms with Crippen LogP contribution in [0.15, 0.2) is 89.8 Å². The topological polar surface area (TPSA) is 49.4 Å². The second-order valence-electron chi connectivity index (χ2n) is 8.28. The highest BCUT2D eigenvalue weighted by molar-refractivity contribution is 7.92. The van der Waals surface area contributed by atoms with Crippen LogP contribution in [0.5, 0.6) is 0 Å². The Balaban J connectivity index is 1.53. The van der Waals surface area contributed by atoms with Crippen LogP contribution in [0.4, 0.5) is 15.8 Å². The summed E-state index contributed by atoms with van der Waals surface area (Å²) < 4.78 is 41.9. The van der Waals surface area contributed by atoms with Crippen molar-refractivity contribution < 1.29 is 12.8 Å². The van der Waals surface area contributed by atoms with Gasteiger partial charge < -0.3 is 5.32 Å². The summed E-state index contributed by atoms with van der Waals surface area (Å²) >= 11 is 0. The predicted octanol–water partition coefficient (Wildman–Crippen LogP) is 5.87. The number of para-hydroxylation sites is 1. The van der Waals surface area contributed by atoms with Gasteiger partial charge in [0.25, 0.3) is 10.0 Å². The van der Waals surface area contributed by atoms with Crippen molar-refractivity contribution in [2.24, 2.45) is 5.92 Å². The number of sulfonamides is 1. The number of nitrogens with one attached hydrogen (secondary N) is 1. The fraction of sp³-hybridized carbons (Fsp3) is 0.231.